The van der Waals surface area contributed by atoms with E-state index in [1.807, 2.05) is 25.1 Å². The molecule has 0 bridgehead atoms. The number of halogens is 2. The Hall–Kier alpha value is -1.99. The van der Waals surface area contributed by atoms with Gasteiger partial charge in [-0.25, -0.2) is 9.37 Å². The van der Waals surface area contributed by atoms with Gasteiger partial charge in [-0.3, -0.25) is 4.79 Å². The lowest BCUT2D eigenvalue weighted by Gasteiger charge is -2.31. The fourth-order valence-electron chi connectivity index (χ4n) is 3.32. The maximum Gasteiger partial charge on any atom is 0.227 e. The third kappa shape index (κ3) is 3.99. The van der Waals surface area contributed by atoms with Gasteiger partial charge in [-0.15, -0.1) is 0 Å². The van der Waals surface area contributed by atoms with Crippen molar-refractivity contribution in [3.8, 4) is 0 Å². The van der Waals surface area contributed by atoms with Crippen molar-refractivity contribution >= 4 is 54.2 Å². The summed E-state index contributed by atoms with van der Waals surface area (Å²) >= 11 is 4.98. The van der Waals surface area contributed by atoms with E-state index in [0.717, 1.165) is 57.0 Å². The van der Waals surface area contributed by atoms with Crippen molar-refractivity contribution in [2.45, 2.75) is 19.8 Å². The molecule has 1 aliphatic rings. The van der Waals surface area contributed by atoms with Crippen LogP contribution in [0.4, 0.5) is 15.2 Å². The Bertz CT molecular complexity index is 998. The summed E-state index contributed by atoms with van der Waals surface area (Å²) < 4.78 is 15.3. The lowest BCUT2D eigenvalue weighted by molar-refractivity contribution is -0.120. The highest BCUT2D eigenvalue weighted by Crippen LogP contribution is 2.32. The number of carbonyl (C=O) groups is 1. The minimum Gasteiger partial charge on any atom is -0.348 e. The first-order valence-electron chi connectivity index (χ1n) is 8.87. The smallest absolute Gasteiger partial charge is 0.227 e. The number of aryl methyl sites for hydroxylation is 1. The summed E-state index contributed by atoms with van der Waals surface area (Å²) in [5.74, 6) is -0.170. The molecule has 1 aromatic heterocycles. The van der Waals surface area contributed by atoms with Crippen LogP contribution in [0, 0.1) is 18.7 Å². The quantitative estimate of drug-likeness (QED) is 0.587. The van der Waals surface area contributed by atoms with E-state index < -0.39 is 0 Å². The summed E-state index contributed by atoms with van der Waals surface area (Å²) in [6.45, 7) is 3.56. The summed E-state index contributed by atoms with van der Waals surface area (Å²) in [5, 5.41) is 3.93. The van der Waals surface area contributed by atoms with Crippen LogP contribution in [0.25, 0.3) is 10.2 Å². The molecule has 1 saturated heterocycles. The maximum absolute atomic E-state index is 13.4. The zero-order valence-electron chi connectivity index (χ0n) is 14.8. The first-order valence-corrected chi connectivity index (χ1v) is 10.5. The van der Waals surface area contributed by atoms with Crippen molar-refractivity contribution in [3.63, 3.8) is 0 Å². The van der Waals surface area contributed by atoms with Crippen molar-refractivity contribution in [1.82, 2.24) is 4.98 Å². The van der Waals surface area contributed by atoms with Crippen molar-refractivity contribution < 1.29 is 9.18 Å². The minimum absolute atomic E-state index is 0.00275. The molecule has 7 heteroatoms. The second kappa shape index (κ2) is 7.56. The Balaban J connectivity index is 1.38. The largest absolute Gasteiger partial charge is 0.348 e. The number of anilines is 2. The predicted octanol–water partition coefficient (Wildman–Crippen LogP) is 5.36. The van der Waals surface area contributed by atoms with Crippen LogP contribution in [0.15, 0.2) is 40.9 Å². The highest BCUT2D eigenvalue weighted by atomic mass is 79.9. The van der Waals surface area contributed by atoms with Crippen molar-refractivity contribution in [3.05, 3.63) is 52.3 Å². The van der Waals surface area contributed by atoms with E-state index in [-0.39, 0.29) is 17.6 Å². The summed E-state index contributed by atoms with van der Waals surface area (Å²) in [6.07, 6.45) is 1.57. The standard InChI is InChI=1S/C20H19BrFN3OS/c1-12-10-15(3-4-16(12)21)23-19(26)13-6-8-25(9-7-13)20-24-17-5-2-14(22)11-18(17)27-20/h2-5,10-11,13H,6-9H2,1H3,(H,23,26). The minimum atomic E-state index is -0.240. The van der Waals surface area contributed by atoms with Crippen LogP contribution in [0.3, 0.4) is 0 Å². The zero-order valence-corrected chi connectivity index (χ0v) is 17.2. The molecule has 1 amide bonds. The lowest BCUT2D eigenvalue weighted by atomic mass is 9.96. The molecule has 3 aromatic rings. The molecule has 0 atom stereocenters. The molecule has 1 aliphatic heterocycles. The number of hydrogen-bond donors (Lipinski definition) is 1. The second-order valence-electron chi connectivity index (χ2n) is 6.82. The zero-order chi connectivity index (χ0) is 19.0. The SMILES string of the molecule is Cc1cc(NC(=O)C2CCN(c3nc4ccc(F)cc4s3)CC2)ccc1Br. The fraction of sp³-hybridized carbons (Fsp3) is 0.300. The number of nitrogens with zero attached hydrogens (tertiary/aromatic N) is 2. The van der Waals surface area contributed by atoms with Crippen LogP contribution < -0.4 is 10.2 Å². The van der Waals surface area contributed by atoms with Crippen LogP contribution in [0.1, 0.15) is 18.4 Å². The van der Waals surface area contributed by atoms with Gasteiger partial charge in [0.25, 0.3) is 0 Å². The lowest BCUT2D eigenvalue weighted by Crippen LogP contribution is -2.38. The number of carbonyl (C=O) groups excluding carboxylic acids is 1. The normalized spacial score (nSPS) is 15.3. The molecule has 4 rings (SSSR count). The molecule has 1 fully saturated rings. The highest BCUT2D eigenvalue weighted by Gasteiger charge is 2.26. The van der Waals surface area contributed by atoms with E-state index >= 15 is 0 Å². The molecule has 0 spiro atoms. The van der Waals surface area contributed by atoms with E-state index in [9.17, 15) is 9.18 Å². The van der Waals surface area contributed by atoms with E-state index in [1.165, 1.54) is 23.5 Å². The first kappa shape index (κ1) is 18.4. The van der Waals surface area contributed by atoms with Gasteiger partial charge in [0.15, 0.2) is 5.13 Å². The predicted molar refractivity (Wildman–Crippen MR) is 112 cm³/mol. The molecule has 27 heavy (non-hydrogen) atoms. The molecule has 2 heterocycles. The number of thiazole rings is 1. The van der Waals surface area contributed by atoms with Gasteiger partial charge in [0.2, 0.25) is 5.91 Å². The van der Waals surface area contributed by atoms with Gasteiger partial charge in [0.1, 0.15) is 5.82 Å². The average molecular weight is 448 g/mol. The molecular formula is C20H19BrFN3OS. The molecule has 2 aromatic carbocycles. The number of benzene rings is 2. The van der Waals surface area contributed by atoms with E-state index in [4.69, 9.17) is 0 Å². The topological polar surface area (TPSA) is 45.2 Å². The van der Waals surface area contributed by atoms with Crippen molar-refractivity contribution in [2.75, 3.05) is 23.3 Å². The molecular weight excluding hydrogens is 429 g/mol. The monoisotopic (exact) mass is 447 g/mol. The third-order valence-corrected chi connectivity index (χ3v) is 6.87. The molecule has 0 radical (unpaired) electrons. The molecule has 0 saturated carbocycles. The molecule has 0 aliphatic carbocycles. The van der Waals surface area contributed by atoms with Gasteiger partial charge in [0.05, 0.1) is 10.2 Å². The Kier molecular flexibility index (Phi) is 5.14. The molecule has 0 unspecified atom stereocenters. The highest BCUT2D eigenvalue weighted by molar-refractivity contribution is 9.10. The Labute approximate surface area is 169 Å². The van der Waals surface area contributed by atoms with Gasteiger partial charge in [-0.05, 0) is 61.7 Å². The number of piperidine rings is 1. The number of hydrogen-bond acceptors (Lipinski definition) is 4. The molecule has 4 nitrogen and oxygen atoms in total. The second-order valence-corrected chi connectivity index (χ2v) is 8.69. The van der Waals surface area contributed by atoms with Crippen LogP contribution in [-0.2, 0) is 4.79 Å². The summed E-state index contributed by atoms with van der Waals surface area (Å²) in [7, 11) is 0. The van der Waals surface area contributed by atoms with Gasteiger partial charge in [0, 0.05) is 29.2 Å². The molecule has 1 N–H and O–H groups in total. The van der Waals surface area contributed by atoms with Crippen LogP contribution in [-0.4, -0.2) is 24.0 Å². The summed E-state index contributed by atoms with van der Waals surface area (Å²) in [4.78, 5) is 19.4. The van der Waals surface area contributed by atoms with Crippen LogP contribution in [0.2, 0.25) is 0 Å². The van der Waals surface area contributed by atoms with Crippen molar-refractivity contribution in [2.24, 2.45) is 5.92 Å². The number of fused-ring (bicyclic) bond motifs is 1. The van der Waals surface area contributed by atoms with E-state index in [1.54, 1.807) is 6.07 Å². The van der Waals surface area contributed by atoms with E-state index in [2.05, 4.69) is 31.1 Å². The maximum atomic E-state index is 13.4. The Morgan fingerprint density at radius 1 is 1.26 bits per heavy atom. The molecule has 140 valence electrons. The van der Waals surface area contributed by atoms with E-state index in [0.29, 0.717) is 0 Å². The number of amides is 1. The third-order valence-electron chi connectivity index (χ3n) is 4.90. The van der Waals surface area contributed by atoms with Crippen LogP contribution >= 0.6 is 27.3 Å². The van der Waals surface area contributed by atoms with Crippen LogP contribution in [0.5, 0.6) is 0 Å². The summed E-state index contributed by atoms with van der Waals surface area (Å²) in [5.41, 5.74) is 2.74. The van der Waals surface area contributed by atoms with Gasteiger partial charge >= 0.3 is 0 Å². The Morgan fingerprint density at radius 2 is 2.04 bits per heavy atom. The number of rotatable bonds is 3. The van der Waals surface area contributed by atoms with Gasteiger partial charge in [-0.1, -0.05) is 27.3 Å². The number of aromatic nitrogens is 1. The summed E-state index contributed by atoms with van der Waals surface area (Å²) in [6, 6.07) is 10.5. The van der Waals surface area contributed by atoms with Gasteiger partial charge in [-0.2, -0.15) is 0 Å². The van der Waals surface area contributed by atoms with Gasteiger partial charge < -0.3 is 10.2 Å². The van der Waals surface area contributed by atoms with Crippen molar-refractivity contribution in [1.29, 1.82) is 0 Å². The Morgan fingerprint density at radius 3 is 2.78 bits per heavy atom. The number of nitrogens with one attached hydrogen (secondary N) is 1. The first-order chi connectivity index (χ1) is 13.0. The fourth-order valence-corrected chi connectivity index (χ4v) is 4.61. The average Bonchev–Trinajstić information content (AvgIpc) is 3.08.